The number of hydrogen-bond donors (Lipinski definition) is 1. The van der Waals surface area contributed by atoms with Crippen molar-refractivity contribution < 1.29 is 4.79 Å². The molecule has 1 N–H and O–H groups in total. The Morgan fingerprint density at radius 1 is 1.22 bits per heavy atom. The Balaban J connectivity index is 1.52. The van der Waals surface area contributed by atoms with Crippen molar-refractivity contribution in [1.82, 2.24) is 15.3 Å². The molecule has 7 heteroatoms. The highest BCUT2D eigenvalue weighted by molar-refractivity contribution is 8.00. The maximum absolute atomic E-state index is 12.6. The zero-order valence-electron chi connectivity index (χ0n) is 15.6. The highest BCUT2D eigenvalue weighted by atomic mass is 32.2. The van der Waals surface area contributed by atoms with Gasteiger partial charge in [0, 0.05) is 10.3 Å². The highest BCUT2D eigenvalue weighted by Crippen LogP contribution is 2.39. The van der Waals surface area contributed by atoms with Crippen molar-refractivity contribution in [3.63, 3.8) is 0 Å². The monoisotopic (exact) mass is 400 g/mol. The maximum atomic E-state index is 12.6. The zero-order valence-corrected chi connectivity index (χ0v) is 17.3. The van der Waals surface area contributed by atoms with Crippen molar-refractivity contribution in [2.24, 2.45) is 0 Å². The molecule has 2 aliphatic carbocycles. The van der Waals surface area contributed by atoms with E-state index in [2.05, 4.69) is 21.4 Å². The molecule has 1 amide bonds. The first-order valence-electron chi connectivity index (χ1n) is 9.74. The molecule has 0 radical (unpaired) electrons. The normalized spacial score (nSPS) is 18.7. The zero-order chi connectivity index (χ0) is 18.9. The summed E-state index contributed by atoms with van der Waals surface area (Å²) < 4.78 is 0. The largest absolute Gasteiger partial charge is 0.337 e. The number of carbonyl (C=O) groups excluding carboxylic acids is 1. The lowest BCUT2D eigenvalue weighted by atomic mass is 9.83. The second-order valence-corrected chi connectivity index (χ2v) is 9.61. The minimum absolute atomic E-state index is 0.0723. The average molecular weight is 401 g/mol. The first-order valence-corrected chi connectivity index (χ1v) is 11.5. The highest BCUT2D eigenvalue weighted by Gasteiger charge is 2.33. The third-order valence-corrected chi connectivity index (χ3v) is 7.69. The number of thiophene rings is 1. The average Bonchev–Trinajstić information content (AvgIpc) is 3.05. The molecule has 5 nitrogen and oxygen atoms in total. The van der Waals surface area contributed by atoms with Gasteiger partial charge in [0.15, 0.2) is 0 Å². The van der Waals surface area contributed by atoms with Crippen LogP contribution < -0.4 is 5.32 Å². The van der Waals surface area contributed by atoms with E-state index < -0.39 is 5.54 Å². The summed E-state index contributed by atoms with van der Waals surface area (Å²) in [6.45, 7) is 1.91. The number of thioether (sulfide) groups is 1. The predicted octanol–water partition coefficient (Wildman–Crippen LogP) is 4.31. The van der Waals surface area contributed by atoms with Gasteiger partial charge < -0.3 is 5.32 Å². The Bertz CT molecular complexity index is 909. The standard InChI is InChI=1S/C20H24N4OS2/c1-13-22-18(17-14-7-3-4-8-15(14)27-19(17)23-13)26-11-16(25)24-20(12-21)9-5-2-6-10-20/h2-11H2,1H3,(H,24,25). The van der Waals surface area contributed by atoms with E-state index in [1.807, 2.05) is 6.92 Å². The Morgan fingerprint density at radius 2 is 2.00 bits per heavy atom. The molecule has 0 bridgehead atoms. The van der Waals surface area contributed by atoms with Crippen LogP contribution in [0.2, 0.25) is 0 Å². The number of fused-ring (bicyclic) bond motifs is 3. The van der Waals surface area contributed by atoms with Gasteiger partial charge in [-0.05, 0) is 51.0 Å². The van der Waals surface area contributed by atoms with Crippen LogP contribution in [0.1, 0.15) is 61.2 Å². The van der Waals surface area contributed by atoms with Gasteiger partial charge in [0.2, 0.25) is 5.91 Å². The number of carbonyl (C=O) groups is 1. The molecule has 2 aromatic heterocycles. The van der Waals surface area contributed by atoms with E-state index in [0.717, 1.165) is 66.0 Å². The fourth-order valence-corrected chi connectivity index (χ4v) is 6.46. The van der Waals surface area contributed by atoms with Crippen molar-refractivity contribution in [3.05, 3.63) is 16.3 Å². The van der Waals surface area contributed by atoms with Crippen LogP contribution in [0.3, 0.4) is 0 Å². The van der Waals surface area contributed by atoms with Gasteiger partial charge in [-0.2, -0.15) is 5.26 Å². The minimum atomic E-state index is -0.672. The number of amides is 1. The molecule has 4 rings (SSSR count). The molecule has 0 atom stereocenters. The second kappa shape index (κ2) is 7.76. The predicted molar refractivity (Wildman–Crippen MR) is 109 cm³/mol. The van der Waals surface area contributed by atoms with Crippen molar-refractivity contribution >= 4 is 39.2 Å². The SMILES string of the molecule is Cc1nc(SCC(=O)NC2(C#N)CCCCC2)c2c3c(sc2n1)CCCC3. The smallest absolute Gasteiger partial charge is 0.231 e. The number of aromatic nitrogens is 2. The summed E-state index contributed by atoms with van der Waals surface area (Å²) in [6, 6.07) is 2.36. The molecule has 0 aliphatic heterocycles. The van der Waals surface area contributed by atoms with E-state index >= 15 is 0 Å². The van der Waals surface area contributed by atoms with Crippen LogP contribution in [0, 0.1) is 18.3 Å². The molecule has 1 fully saturated rings. The third kappa shape index (κ3) is 3.83. The molecular weight excluding hydrogens is 376 g/mol. The summed E-state index contributed by atoms with van der Waals surface area (Å²) in [5.41, 5.74) is 0.721. The van der Waals surface area contributed by atoms with Crippen molar-refractivity contribution in [3.8, 4) is 6.07 Å². The molecule has 27 heavy (non-hydrogen) atoms. The van der Waals surface area contributed by atoms with Crippen LogP contribution >= 0.6 is 23.1 Å². The van der Waals surface area contributed by atoms with Crippen molar-refractivity contribution in [2.45, 2.75) is 75.3 Å². The first kappa shape index (κ1) is 18.7. The lowest BCUT2D eigenvalue weighted by Crippen LogP contribution is -2.49. The molecule has 0 spiro atoms. The van der Waals surface area contributed by atoms with Crippen LogP contribution in [-0.2, 0) is 17.6 Å². The van der Waals surface area contributed by atoms with Crippen LogP contribution in [-0.4, -0.2) is 27.2 Å². The van der Waals surface area contributed by atoms with E-state index in [-0.39, 0.29) is 5.91 Å². The van der Waals surface area contributed by atoms with Gasteiger partial charge in [0.1, 0.15) is 21.2 Å². The summed E-state index contributed by atoms with van der Waals surface area (Å²) in [4.78, 5) is 24.4. The fraction of sp³-hybridized carbons (Fsp3) is 0.600. The number of nitrogens with one attached hydrogen (secondary N) is 1. The van der Waals surface area contributed by atoms with E-state index in [1.165, 1.54) is 35.0 Å². The van der Waals surface area contributed by atoms with E-state index in [0.29, 0.717) is 5.75 Å². The Hall–Kier alpha value is -1.65. The summed E-state index contributed by atoms with van der Waals surface area (Å²) in [5, 5.41) is 14.7. The van der Waals surface area contributed by atoms with E-state index in [1.54, 1.807) is 11.3 Å². The van der Waals surface area contributed by atoms with Crippen LogP contribution in [0.5, 0.6) is 0 Å². The van der Waals surface area contributed by atoms with Gasteiger partial charge in [-0.1, -0.05) is 31.0 Å². The van der Waals surface area contributed by atoms with Gasteiger partial charge in [0.05, 0.1) is 11.8 Å². The molecule has 2 aliphatic rings. The fourth-order valence-electron chi connectivity index (χ4n) is 4.19. The summed E-state index contributed by atoms with van der Waals surface area (Å²) in [5.74, 6) is 0.973. The third-order valence-electron chi connectivity index (χ3n) is 5.53. The van der Waals surface area contributed by atoms with Gasteiger partial charge in [-0.15, -0.1) is 11.3 Å². The molecule has 0 saturated heterocycles. The maximum Gasteiger partial charge on any atom is 0.231 e. The summed E-state index contributed by atoms with van der Waals surface area (Å²) >= 11 is 3.27. The summed E-state index contributed by atoms with van der Waals surface area (Å²) in [7, 11) is 0. The van der Waals surface area contributed by atoms with Crippen LogP contribution in [0.15, 0.2) is 5.03 Å². The molecule has 0 unspecified atom stereocenters. The van der Waals surface area contributed by atoms with Gasteiger partial charge in [0.25, 0.3) is 0 Å². The van der Waals surface area contributed by atoms with Gasteiger partial charge in [-0.3, -0.25) is 4.79 Å². The Kier molecular flexibility index (Phi) is 5.38. The molecule has 1 saturated carbocycles. The number of aryl methyl sites for hydroxylation is 3. The number of nitrogens with zero attached hydrogens (tertiary/aromatic N) is 3. The molecule has 2 heterocycles. The second-order valence-electron chi connectivity index (χ2n) is 7.56. The van der Waals surface area contributed by atoms with Gasteiger partial charge in [-0.25, -0.2) is 9.97 Å². The molecule has 0 aromatic carbocycles. The van der Waals surface area contributed by atoms with E-state index in [4.69, 9.17) is 0 Å². The number of nitriles is 1. The van der Waals surface area contributed by atoms with Crippen LogP contribution in [0.25, 0.3) is 10.2 Å². The molecular formula is C20H24N4OS2. The Morgan fingerprint density at radius 3 is 2.78 bits per heavy atom. The van der Waals surface area contributed by atoms with Gasteiger partial charge >= 0.3 is 0 Å². The first-order chi connectivity index (χ1) is 13.1. The quantitative estimate of drug-likeness (QED) is 0.611. The lowest BCUT2D eigenvalue weighted by Gasteiger charge is -2.31. The molecule has 142 valence electrons. The van der Waals surface area contributed by atoms with Crippen LogP contribution in [0.4, 0.5) is 0 Å². The number of hydrogen-bond acceptors (Lipinski definition) is 6. The lowest BCUT2D eigenvalue weighted by molar-refractivity contribution is -0.120. The minimum Gasteiger partial charge on any atom is -0.337 e. The molecule has 2 aromatic rings. The van der Waals surface area contributed by atoms with Crippen molar-refractivity contribution in [2.75, 3.05) is 5.75 Å². The summed E-state index contributed by atoms with van der Waals surface area (Å²) in [6.07, 6.45) is 9.35. The van der Waals surface area contributed by atoms with E-state index in [9.17, 15) is 10.1 Å². The Labute approximate surface area is 168 Å². The topological polar surface area (TPSA) is 78.7 Å². The number of rotatable bonds is 4. The van der Waals surface area contributed by atoms with Crippen molar-refractivity contribution in [1.29, 1.82) is 5.26 Å².